The summed E-state index contributed by atoms with van der Waals surface area (Å²) in [5, 5.41) is 8.89. The molecular formula is C40H27NS. The average molecular weight is 554 g/mol. The largest absolute Gasteiger partial charge is 0.355 e. The first kappa shape index (κ1) is 24.6. The lowest BCUT2D eigenvalue weighted by molar-refractivity contribution is 1.52. The van der Waals surface area contributed by atoms with E-state index >= 15 is 0 Å². The fourth-order valence-corrected chi connectivity index (χ4v) is 7.01. The third kappa shape index (κ3) is 4.52. The maximum Gasteiger partial charge on any atom is 0.0464 e. The summed E-state index contributed by atoms with van der Waals surface area (Å²) in [6.07, 6.45) is 0. The van der Waals surface area contributed by atoms with Crippen LogP contribution in [0.3, 0.4) is 0 Å². The summed E-state index contributed by atoms with van der Waals surface area (Å²) in [7, 11) is 0. The van der Waals surface area contributed by atoms with Gasteiger partial charge in [-0.2, -0.15) is 0 Å². The number of anilines is 2. The third-order valence-electron chi connectivity index (χ3n) is 8.06. The number of thiophene rings is 1. The molecule has 0 saturated heterocycles. The van der Waals surface area contributed by atoms with Gasteiger partial charge in [0.2, 0.25) is 0 Å². The van der Waals surface area contributed by atoms with E-state index in [-0.39, 0.29) is 0 Å². The van der Waals surface area contributed by atoms with Gasteiger partial charge in [0.1, 0.15) is 0 Å². The molecule has 8 rings (SSSR count). The second kappa shape index (κ2) is 10.3. The van der Waals surface area contributed by atoms with E-state index in [4.69, 9.17) is 0 Å². The van der Waals surface area contributed by atoms with Crippen molar-refractivity contribution in [2.24, 2.45) is 0 Å². The van der Waals surface area contributed by atoms with Crippen molar-refractivity contribution in [1.82, 2.24) is 0 Å². The lowest BCUT2D eigenvalue weighted by Gasteiger charge is -2.15. The number of nitrogens with one attached hydrogen (secondary N) is 1. The Balaban J connectivity index is 1.14. The van der Waals surface area contributed by atoms with Gasteiger partial charge < -0.3 is 5.32 Å². The van der Waals surface area contributed by atoms with E-state index in [2.05, 4.69) is 163 Å². The van der Waals surface area contributed by atoms with E-state index in [1.165, 1.54) is 64.3 Å². The molecule has 0 unspecified atom stereocenters. The Morgan fingerprint density at radius 2 is 1.02 bits per heavy atom. The Labute approximate surface area is 249 Å². The van der Waals surface area contributed by atoms with E-state index in [0.29, 0.717) is 0 Å². The molecule has 1 heterocycles. The van der Waals surface area contributed by atoms with Gasteiger partial charge in [-0.15, -0.1) is 11.3 Å². The van der Waals surface area contributed by atoms with Crippen LogP contribution in [0, 0.1) is 0 Å². The summed E-state index contributed by atoms with van der Waals surface area (Å²) in [5.74, 6) is 0. The normalized spacial score (nSPS) is 11.3. The molecule has 1 N–H and O–H groups in total. The summed E-state index contributed by atoms with van der Waals surface area (Å²) in [5.41, 5.74) is 9.41. The van der Waals surface area contributed by atoms with E-state index in [0.717, 1.165) is 11.4 Å². The molecule has 1 aromatic heterocycles. The predicted octanol–water partition coefficient (Wildman–Crippen LogP) is 12.0. The van der Waals surface area contributed by atoms with Gasteiger partial charge in [-0.05, 0) is 81.1 Å². The van der Waals surface area contributed by atoms with Gasteiger partial charge in [-0.3, -0.25) is 0 Å². The molecule has 42 heavy (non-hydrogen) atoms. The molecule has 2 heteroatoms. The first-order valence-corrected chi connectivity index (χ1v) is 15.1. The minimum absolute atomic E-state index is 1.07. The highest BCUT2D eigenvalue weighted by molar-refractivity contribution is 7.25. The predicted molar refractivity (Wildman–Crippen MR) is 183 cm³/mol. The standard InChI is InChI=1S/C40H27NS/c1-2-9-29(10-3-1)37-25-32(33-18-22-36-35-12-6-7-13-39(35)42-40(36)26-33)19-23-38(37)41-34-20-16-28(17-21-34)31-15-14-27-8-4-5-11-30(27)24-31/h1-26,41H. The van der Waals surface area contributed by atoms with Crippen molar-refractivity contribution in [2.75, 3.05) is 5.32 Å². The molecule has 8 aromatic rings. The quantitative estimate of drug-likeness (QED) is 0.223. The fourth-order valence-electron chi connectivity index (χ4n) is 5.87. The zero-order valence-electron chi connectivity index (χ0n) is 22.9. The smallest absolute Gasteiger partial charge is 0.0464 e. The molecule has 0 amide bonds. The van der Waals surface area contributed by atoms with Crippen LogP contribution < -0.4 is 5.32 Å². The molecule has 7 aromatic carbocycles. The van der Waals surface area contributed by atoms with Crippen LogP contribution in [0.25, 0.3) is 64.3 Å². The van der Waals surface area contributed by atoms with Crippen molar-refractivity contribution in [3.8, 4) is 33.4 Å². The van der Waals surface area contributed by atoms with Crippen LogP contribution in [0.1, 0.15) is 0 Å². The zero-order chi connectivity index (χ0) is 27.9. The van der Waals surface area contributed by atoms with Crippen molar-refractivity contribution in [3.05, 3.63) is 158 Å². The minimum atomic E-state index is 1.07. The van der Waals surface area contributed by atoms with Crippen LogP contribution in [0.15, 0.2) is 158 Å². The highest BCUT2D eigenvalue weighted by Gasteiger charge is 2.11. The minimum Gasteiger partial charge on any atom is -0.355 e. The Morgan fingerprint density at radius 1 is 0.381 bits per heavy atom. The maximum atomic E-state index is 3.71. The summed E-state index contributed by atoms with van der Waals surface area (Å²) >= 11 is 1.86. The summed E-state index contributed by atoms with van der Waals surface area (Å²) in [4.78, 5) is 0. The number of hydrogen-bond donors (Lipinski definition) is 1. The fraction of sp³-hybridized carbons (Fsp3) is 0. The molecule has 0 bridgehead atoms. The number of hydrogen-bond acceptors (Lipinski definition) is 2. The van der Waals surface area contributed by atoms with Crippen LogP contribution in [0.2, 0.25) is 0 Å². The van der Waals surface area contributed by atoms with E-state index in [9.17, 15) is 0 Å². The summed E-state index contributed by atoms with van der Waals surface area (Å²) in [6, 6.07) is 56.8. The number of fused-ring (bicyclic) bond motifs is 4. The summed E-state index contributed by atoms with van der Waals surface area (Å²) in [6.45, 7) is 0. The lowest BCUT2D eigenvalue weighted by Crippen LogP contribution is -1.94. The summed E-state index contributed by atoms with van der Waals surface area (Å²) < 4.78 is 2.66. The Hall–Kier alpha value is -5.18. The van der Waals surface area contributed by atoms with Gasteiger partial charge in [-0.25, -0.2) is 0 Å². The van der Waals surface area contributed by atoms with Crippen LogP contribution in [0.4, 0.5) is 11.4 Å². The van der Waals surface area contributed by atoms with Crippen molar-refractivity contribution >= 4 is 53.7 Å². The van der Waals surface area contributed by atoms with Gasteiger partial charge in [0.25, 0.3) is 0 Å². The van der Waals surface area contributed by atoms with Gasteiger partial charge >= 0.3 is 0 Å². The topological polar surface area (TPSA) is 12.0 Å². The first-order chi connectivity index (χ1) is 20.8. The molecule has 0 fully saturated rings. The van der Waals surface area contributed by atoms with E-state index in [1.54, 1.807) is 0 Å². The van der Waals surface area contributed by atoms with Crippen molar-refractivity contribution in [1.29, 1.82) is 0 Å². The SMILES string of the molecule is c1ccc(-c2cc(-c3ccc4c(c3)sc3ccccc34)ccc2Nc2ccc(-c3ccc4ccccc4c3)cc2)cc1. The molecule has 0 spiro atoms. The molecule has 1 nitrogen and oxygen atoms in total. The molecule has 0 radical (unpaired) electrons. The average Bonchev–Trinajstić information content (AvgIpc) is 3.43. The Morgan fingerprint density at radius 3 is 1.90 bits per heavy atom. The lowest BCUT2D eigenvalue weighted by atomic mass is 9.96. The van der Waals surface area contributed by atoms with Crippen molar-refractivity contribution in [2.45, 2.75) is 0 Å². The molecule has 0 aliphatic carbocycles. The molecule has 0 atom stereocenters. The molecule has 0 aliphatic rings. The number of benzene rings is 7. The second-order valence-electron chi connectivity index (χ2n) is 10.7. The van der Waals surface area contributed by atoms with Gasteiger partial charge in [0.05, 0.1) is 0 Å². The van der Waals surface area contributed by atoms with Crippen molar-refractivity contribution in [3.63, 3.8) is 0 Å². The van der Waals surface area contributed by atoms with Crippen LogP contribution >= 0.6 is 11.3 Å². The highest BCUT2D eigenvalue weighted by atomic mass is 32.1. The van der Waals surface area contributed by atoms with Crippen LogP contribution in [0.5, 0.6) is 0 Å². The monoisotopic (exact) mass is 553 g/mol. The Kier molecular flexibility index (Phi) is 6.05. The number of rotatable bonds is 5. The maximum absolute atomic E-state index is 3.71. The Bertz CT molecular complexity index is 2210. The van der Waals surface area contributed by atoms with E-state index < -0.39 is 0 Å². The molecule has 0 aliphatic heterocycles. The van der Waals surface area contributed by atoms with Gasteiger partial charge in [0, 0.05) is 37.1 Å². The van der Waals surface area contributed by atoms with Crippen LogP contribution in [-0.4, -0.2) is 0 Å². The zero-order valence-corrected chi connectivity index (χ0v) is 23.7. The molecular weight excluding hydrogens is 527 g/mol. The molecule has 198 valence electrons. The van der Waals surface area contributed by atoms with Crippen LogP contribution in [-0.2, 0) is 0 Å². The van der Waals surface area contributed by atoms with Crippen molar-refractivity contribution < 1.29 is 0 Å². The third-order valence-corrected chi connectivity index (χ3v) is 9.20. The van der Waals surface area contributed by atoms with Gasteiger partial charge in [-0.1, -0.05) is 115 Å². The van der Waals surface area contributed by atoms with E-state index in [1.807, 2.05) is 11.3 Å². The first-order valence-electron chi connectivity index (χ1n) is 14.3. The second-order valence-corrected chi connectivity index (χ2v) is 11.8. The van der Waals surface area contributed by atoms with Gasteiger partial charge in [0.15, 0.2) is 0 Å². The highest BCUT2D eigenvalue weighted by Crippen LogP contribution is 2.39. The molecule has 0 saturated carbocycles.